The van der Waals surface area contributed by atoms with Gasteiger partial charge in [-0.25, -0.2) is 4.39 Å². The van der Waals surface area contributed by atoms with E-state index in [-0.39, 0.29) is 10.8 Å². The molecule has 16 heavy (non-hydrogen) atoms. The first-order valence-corrected chi connectivity index (χ1v) is 7.18. The molecule has 0 aliphatic rings. The Balaban J connectivity index is 2.89. The van der Waals surface area contributed by atoms with Gasteiger partial charge in [0.2, 0.25) is 0 Å². The first-order valence-electron chi connectivity index (χ1n) is 4.58. The predicted octanol–water partition coefficient (Wildman–Crippen LogP) is 3.00. The minimum absolute atomic E-state index is 0.182. The molecule has 0 fully saturated rings. The number of thioether (sulfide) groups is 1. The number of thiocarbonyl (C=S) groups is 1. The maximum atomic E-state index is 13.8. The summed E-state index contributed by atoms with van der Waals surface area (Å²) in [6.07, 6.45) is 2.00. The van der Waals surface area contributed by atoms with Crippen LogP contribution in [-0.2, 0) is 0 Å². The van der Waals surface area contributed by atoms with E-state index < -0.39 is 0 Å². The molecular formula is C10H12BrFN2S2. The largest absolute Gasteiger partial charge is 0.389 e. The summed E-state index contributed by atoms with van der Waals surface area (Å²) >= 11 is 9.67. The second-order valence-corrected chi connectivity index (χ2v) is 5.29. The molecule has 0 bridgehead atoms. The lowest BCUT2D eigenvalue weighted by Crippen LogP contribution is -2.12. The number of nitrogens with one attached hydrogen (secondary N) is 1. The molecule has 0 aromatic heterocycles. The molecule has 0 aliphatic heterocycles. The summed E-state index contributed by atoms with van der Waals surface area (Å²) in [5.41, 5.74) is 6.44. The molecule has 1 rings (SSSR count). The topological polar surface area (TPSA) is 38.0 Å². The number of rotatable bonds is 5. The van der Waals surface area contributed by atoms with E-state index in [0.29, 0.717) is 15.7 Å². The number of nitrogens with two attached hydrogens (primary N) is 1. The molecule has 0 spiro atoms. The molecule has 0 atom stereocenters. The summed E-state index contributed by atoms with van der Waals surface area (Å²) in [4.78, 5) is 0.182. The van der Waals surface area contributed by atoms with E-state index in [4.69, 9.17) is 18.0 Å². The third-order valence-electron chi connectivity index (χ3n) is 1.97. The van der Waals surface area contributed by atoms with Crippen LogP contribution < -0.4 is 11.1 Å². The molecule has 3 N–H and O–H groups in total. The molecule has 2 nitrogen and oxygen atoms in total. The van der Waals surface area contributed by atoms with E-state index >= 15 is 0 Å². The molecule has 0 unspecified atom stereocenters. The van der Waals surface area contributed by atoms with Crippen LogP contribution in [0, 0.1) is 5.82 Å². The predicted molar refractivity (Wildman–Crippen MR) is 76.9 cm³/mol. The average molecular weight is 323 g/mol. The third kappa shape index (κ3) is 3.33. The maximum Gasteiger partial charge on any atom is 0.161 e. The minimum Gasteiger partial charge on any atom is -0.389 e. The lowest BCUT2D eigenvalue weighted by atomic mass is 10.2. The summed E-state index contributed by atoms with van der Waals surface area (Å²) in [5, 5.41) is 3.01. The van der Waals surface area contributed by atoms with Crippen molar-refractivity contribution in [2.45, 2.75) is 0 Å². The fraction of sp³-hybridized carbons (Fsp3) is 0.300. The van der Waals surface area contributed by atoms with Gasteiger partial charge in [-0.15, -0.1) is 0 Å². The van der Waals surface area contributed by atoms with Crippen molar-refractivity contribution in [3.05, 3.63) is 28.0 Å². The van der Waals surface area contributed by atoms with Gasteiger partial charge in [0.1, 0.15) is 4.99 Å². The van der Waals surface area contributed by atoms with E-state index in [1.54, 1.807) is 23.9 Å². The van der Waals surface area contributed by atoms with Crippen LogP contribution in [0.2, 0.25) is 0 Å². The van der Waals surface area contributed by atoms with Gasteiger partial charge < -0.3 is 11.1 Å². The number of hydrogen-bond donors (Lipinski definition) is 2. The van der Waals surface area contributed by atoms with E-state index in [2.05, 4.69) is 21.2 Å². The second kappa shape index (κ2) is 6.42. The summed E-state index contributed by atoms with van der Waals surface area (Å²) in [5.74, 6) is 0.570. The van der Waals surface area contributed by atoms with E-state index in [1.165, 1.54) is 0 Å². The van der Waals surface area contributed by atoms with Gasteiger partial charge in [0, 0.05) is 17.9 Å². The summed E-state index contributed by atoms with van der Waals surface area (Å²) < 4.78 is 14.1. The zero-order valence-electron chi connectivity index (χ0n) is 8.72. The van der Waals surface area contributed by atoms with Crippen LogP contribution in [-0.4, -0.2) is 23.5 Å². The highest BCUT2D eigenvalue weighted by Gasteiger charge is 2.12. The van der Waals surface area contributed by atoms with Gasteiger partial charge in [0.05, 0.1) is 10.2 Å². The van der Waals surface area contributed by atoms with Crippen LogP contribution in [0.5, 0.6) is 0 Å². The van der Waals surface area contributed by atoms with Gasteiger partial charge in [-0.3, -0.25) is 0 Å². The Bertz CT molecular complexity index is 399. The molecule has 0 saturated heterocycles. The van der Waals surface area contributed by atoms with Crippen LogP contribution in [0.4, 0.5) is 10.1 Å². The Kier molecular flexibility index (Phi) is 5.51. The second-order valence-electron chi connectivity index (χ2n) is 3.07. The Morgan fingerprint density at radius 1 is 1.62 bits per heavy atom. The third-order valence-corrected chi connectivity index (χ3v) is 3.58. The van der Waals surface area contributed by atoms with Crippen molar-refractivity contribution >= 4 is 50.6 Å². The first-order chi connectivity index (χ1) is 7.57. The van der Waals surface area contributed by atoms with E-state index in [1.807, 2.05) is 6.26 Å². The Morgan fingerprint density at radius 2 is 2.31 bits per heavy atom. The van der Waals surface area contributed by atoms with E-state index in [0.717, 1.165) is 12.3 Å². The normalized spacial score (nSPS) is 10.2. The fourth-order valence-electron chi connectivity index (χ4n) is 1.16. The van der Waals surface area contributed by atoms with E-state index in [9.17, 15) is 4.39 Å². The van der Waals surface area contributed by atoms with Gasteiger partial charge in [0.15, 0.2) is 5.82 Å². The summed E-state index contributed by atoms with van der Waals surface area (Å²) in [6.45, 7) is 0.719. The Labute approximate surface area is 112 Å². The van der Waals surface area contributed by atoms with Gasteiger partial charge in [-0.1, -0.05) is 12.2 Å². The van der Waals surface area contributed by atoms with Crippen molar-refractivity contribution in [3.63, 3.8) is 0 Å². The van der Waals surface area contributed by atoms with Gasteiger partial charge >= 0.3 is 0 Å². The standard InChI is InChI=1S/C10H12BrFN2S2/c1-16-5-4-14-7-3-2-6(10(13)15)8(11)9(7)12/h2-3,14H,4-5H2,1H3,(H2,13,15). The molecule has 6 heteroatoms. The molecule has 88 valence electrons. The fourth-order valence-corrected chi connectivity index (χ4v) is 2.33. The van der Waals surface area contributed by atoms with Crippen LogP contribution in [0.1, 0.15) is 5.56 Å². The van der Waals surface area contributed by atoms with Crippen molar-refractivity contribution in [2.24, 2.45) is 5.73 Å². The number of anilines is 1. The van der Waals surface area contributed by atoms with Crippen molar-refractivity contribution in [3.8, 4) is 0 Å². The van der Waals surface area contributed by atoms with Crippen molar-refractivity contribution < 1.29 is 4.39 Å². The van der Waals surface area contributed by atoms with Crippen molar-refractivity contribution in [1.82, 2.24) is 0 Å². The first kappa shape index (κ1) is 13.7. The highest BCUT2D eigenvalue weighted by molar-refractivity contribution is 9.10. The zero-order chi connectivity index (χ0) is 12.1. The van der Waals surface area contributed by atoms with Crippen molar-refractivity contribution in [2.75, 3.05) is 23.9 Å². The number of hydrogen-bond acceptors (Lipinski definition) is 3. The van der Waals surface area contributed by atoms with Gasteiger partial charge in [-0.05, 0) is 34.3 Å². The van der Waals surface area contributed by atoms with Crippen LogP contribution in [0.15, 0.2) is 16.6 Å². The zero-order valence-corrected chi connectivity index (χ0v) is 11.9. The smallest absolute Gasteiger partial charge is 0.161 e. The Hall–Kier alpha value is -0.330. The molecule has 0 amide bonds. The molecule has 0 aliphatic carbocycles. The lowest BCUT2D eigenvalue weighted by Gasteiger charge is -2.10. The maximum absolute atomic E-state index is 13.8. The molecular weight excluding hydrogens is 311 g/mol. The number of benzene rings is 1. The van der Waals surface area contributed by atoms with Gasteiger partial charge in [-0.2, -0.15) is 11.8 Å². The summed E-state index contributed by atoms with van der Waals surface area (Å²) in [7, 11) is 0. The van der Waals surface area contributed by atoms with Crippen LogP contribution >= 0.6 is 39.9 Å². The van der Waals surface area contributed by atoms with Crippen LogP contribution in [0.25, 0.3) is 0 Å². The lowest BCUT2D eigenvalue weighted by molar-refractivity contribution is 0.623. The van der Waals surface area contributed by atoms with Crippen LogP contribution in [0.3, 0.4) is 0 Å². The quantitative estimate of drug-likeness (QED) is 0.645. The monoisotopic (exact) mass is 322 g/mol. The highest BCUT2D eigenvalue weighted by atomic mass is 79.9. The van der Waals surface area contributed by atoms with Gasteiger partial charge in [0.25, 0.3) is 0 Å². The SMILES string of the molecule is CSCCNc1ccc(C(N)=S)c(Br)c1F. The average Bonchev–Trinajstić information content (AvgIpc) is 2.24. The molecule has 1 aromatic rings. The minimum atomic E-state index is -0.355. The molecule has 0 heterocycles. The molecule has 0 saturated carbocycles. The van der Waals surface area contributed by atoms with Crippen molar-refractivity contribution in [1.29, 1.82) is 0 Å². The Morgan fingerprint density at radius 3 is 2.88 bits per heavy atom. The highest BCUT2D eigenvalue weighted by Crippen LogP contribution is 2.26. The summed E-state index contributed by atoms with van der Waals surface area (Å²) in [6, 6.07) is 3.35. The molecule has 1 aromatic carbocycles. The molecule has 0 radical (unpaired) electrons. The number of halogens is 2.